The standard InChI is InChI=1S/C20H19Cl2FN4S/c21-16-6-7-19(17(22)12-16)25-20(28)27(10-3-9-26-11-8-24-14-26)13-15-4-1-2-5-18(15)23/h1-2,4-8,11-12,14H,3,9-10,13H2,(H,25,28). The highest BCUT2D eigenvalue weighted by Gasteiger charge is 2.14. The van der Waals surface area contributed by atoms with E-state index in [4.69, 9.17) is 35.4 Å². The van der Waals surface area contributed by atoms with E-state index < -0.39 is 0 Å². The number of halogens is 3. The Hall–Kier alpha value is -2.15. The lowest BCUT2D eigenvalue weighted by Gasteiger charge is -2.26. The number of thiocarbonyl (C=S) groups is 1. The van der Waals surface area contributed by atoms with E-state index in [9.17, 15) is 4.39 Å². The van der Waals surface area contributed by atoms with Crippen molar-refractivity contribution in [2.75, 3.05) is 11.9 Å². The first kappa shape index (κ1) is 20.6. The highest BCUT2D eigenvalue weighted by Crippen LogP contribution is 2.26. The van der Waals surface area contributed by atoms with Gasteiger partial charge in [-0.3, -0.25) is 0 Å². The molecule has 1 heterocycles. The van der Waals surface area contributed by atoms with Crippen molar-refractivity contribution in [3.05, 3.63) is 82.6 Å². The summed E-state index contributed by atoms with van der Waals surface area (Å²) in [6.45, 7) is 1.79. The van der Waals surface area contributed by atoms with Crippen LogP contribution in [0.4, 0.5) is 10.1 Å². The number of anilines is 1. The first-order valence-corrected chi connectivity index (χ1v) is 9.89. The molecular weight excluding hydrogens is 418 g/mol. The lowest BCUT2D eigenvalue weighted by atomic mass is 10.2. The zero-order valence-corrected chi connectivity index (χ0v) is 17.3. The minimum absolute atomic E-state index is 0.255. The van der Waals surface area contributed by atoms with Crippen LogP contribution in [-0.4, -0.2) is 26.1 Å². The third-order valence-corrected chi connectivity index (χ3v) is 5.09. The minimum atomic E-state index is -0.255. The van der Waals surface area contributed by atoms with Crippen LogP contribution >= 0.6 is 35.4 Å². The predicted octanol–water partition coefficient (Wildman–Crippen LogP) is 5.62. The van der Waals surface area contributed by atoms with Gasteiger partial charge in [-0.15, -0.1) is 0 Å². The van der Waals surface area contributed by atoms with Gasteiger partial charge in [-0.25, -0.2) is 9.37 Å². The topological polar surface area (TPSA) is 33.1 Å². The van der Waals surface area contributed by atoms with Gasteiger partial charge in [0.25, 0.3) is 0 Å². The molecule has 1 N–H and O–H groups in total. The number of imidazole rings is 1. The molecule has 2 aromatic carbocycles. The molecule has 0 fully saturated rings. The molecule has 3 rings (SSSR count). The maximum absolute atomic E-state index is 14.2. The quantitative estimate of drug-likeness (QED) is 0.487. The van der Waals surface area contributed by atoms with Gasteiger partial charge in [0.05, 0.1) is 17.0 Å². The fourth-order valence-corrected chi connectivity index (χ4v) is 3.45. The molecule has 0 aliphatic rings. The van der Waals surface area contributed by atoms with Gasteiger partial charge in [0, 0.05) is 42.6 Å². The van der Waals surface area contributed by atoms with Crippen LogP contribution in [0.2, 0.25) is 10.0 Å². The molecule has 0 saturated heterocycles. The van der Waals surface area contributed by atoms with Gasteiger partial charge in [0.2, 0.25) is 0 Å². The molecule has 0 atom stereocenters. The molecule has 0 radical (unpaired) electrons. The predicted molar refractivity (Wildman–Crippen MR) is 116 cm³/mol. The highest BCUT2D eigenvalue weighted by atomic mass is 35.5. The number of aryl methyl sites for hydroxylation is 1. The first-order valence-electron chi connectivity index (χ1n) is 8.73. The van der Waals surface area contributed by atoms with E-state index in [-0.39, 0.29) is 5.82 Å². The molecule has 3 aromatic rings. The Morgan fingerprint density at radius 1 is 1.21 bits per heavy atom. The van der Waals surface area contributed by atoms with Gasteiger partial charge in [0.1, 0.15) is 5.82 Å². The molecule has 1 aromatic heterocycles. The Morgan fingerprint density at radius 2 is 2.04 bits per heavy atom. The second-order valence-corrected chi connectivity index (χ2v) is 7.45. The highest BCUT2D eigenvalue weighted by molar-refractivity contribution is 7.80. The SMILES string of the molecule is Fc1ccccc1CN(CCCn1ccnc1)C(=S)Nc1ccc(Cl)cc1Cl. The van der Waals surface area contributed by atoms with E-state index >= 15 is 0 Å². The summed E-state index contributed by atoms with van der Waals surface area (Å²) in [5, 5.41) is 4.63. The molecule has 0 amide bonds. The van der Waals surface area contributed by atoms with Crippen molar-refractivity contribution >= 4 is 46.2 Å². The Labute approximate surface area is 178 Å². The number of hydrogen-bond acceptors (Lipinski definition) is 2. The normalized spacial score (nSPS) is 10.7. The monoisotopic (exact) mass is 436 g/mol. The van der Waals surface area contributed by atoms with Gasteiger partial charge in [-0.2, -0.15) is 0 Å². The maximum Gasteiger partial charge on any atom is 0.173 e. The molecule has 0 spiro atoms. The van der Waals surface area contributed by atoms with Crippen LogP contribution in [0.5, 0.6) is 0 Å². The Kier molecular flexibility index (Phi) is 7.25. The number of nitrogens with one attached hydrogen (secondary N) is 1. The smallest absolute Gasteiger partial charge is 0.173 e. The summed E-state index contributed by atoms with van der Waals surface area (Å²) in [5.41, 5.74) is 1.24. The third-order valence-electron chi connectivity index (χ3n) is 4.18. The largest absolute Gasteiger partial charge is 0.345 e. The average molecular weight is 437 g/mol. The molecule has 8 heteroatoms. The summed E-state index contributed by atoms with van der Waals surface area (Å²) in [6, 6.07) is 11.8. The van der Waals surface area contributed by atoms with Crippen LogP contribution in [0.25, 0.3) is 0 Å². The molecule has 0 bridgehead atoms. The lowest BCUT2D eigenvalue weighted by molar-refractivity contribution is 0.388. The Balaban J connectivity index is 1.71. The number of rotatable bonds is 7. The molecular formula is C20H19Cl2FN4S. The van der Waals surface area contributed by atoms with Gasteiger partial charge in [0.15, 0.2) is 5.11 Å². The van der Waals surface area contributed by atoms with E-state index in [0.29, 0.717) is 39.5 Å². The summed E-state index contributed by atoms with van der Waals surface area (Å²) in [5.74, 6) is -0.255. The van der Waals surface area contributed by atoms with Gasteiger partial charge in [-0.05, 0) is 42.9 Å². The third kappa shape index (κ3) is 5.67. The van der Waals surface area contributed by atoms with Crippen molar-refractivity contribution in [1.29, 1.82) is 0 Å². The van der Waals surface area contributed by atoms with E-state index in [1.807, 2.05) is 21.7 Å². The first-order chi connectivity index (χ1) is 13.5. The Morgan fingerprint density at radius 3 is 2.75 bits per heavy atom. The van der Waals surface area contributed by atoms with Crippen molar-refractivity contribution in [2.45, 2.75) is 19.5 Å². The van der Waals surface area contributed by atoms with Crippen LogP contribution in [-0.2, 0) is 13.1 Å². The van der Waals surface area contributed by atoms with E-state index in [2.05, 4.69) is 10.3 Å². The van der Waals surface area contributed by atoms with Gasteiger partial charge < -0.3 is 14.8 Å². The van der Waals surface area contributed by atoms with Crippen LogP contribution in [0.15, 0.2) is 61.2 Å². The molecule has 28 heavy (non-hydrogen) atoms. The second-order valence-electron chi connectivity index (χ2n) is 6.22. The fraction of sp³-hybridized carbons (Fsp3) is 0.200. The lowest BCUT2D eigenvalue weighted by Crippen LogP contribution is -2.35. The molecule has 0 aliphatic carbocycles. The van der Waals surface area contributed by atoms with Crippen LogP contribution in [0, 0.1) is 5.82 Å². The Bertz CT molecular complexity index is 934. The summed E-state index contributed by atoms with van der Waals surface area (Å²) in [6.07, 6.45) is 6.24. The summed E-state index contributed by atoms with van der Waals surface area (Å²) in [4.78, 5) is 5.97. The number of aromatic nitrogens is 2. The number of nitrogens with zero attached hydrogens (tertiary/aromatic N) is 3. The maximum atomic E-state index is 14.2. The van der Waals surface area contributed by atoms with E-state index in [1.165, 1.54) is 6.07 Å². The zero-order valence-electron chi connectivity index (χ0n) is 15.0. The summed E-state index contributed by atoms with van der Waals surface area (Å²) < 4.78 is 16.1. The molecule has 146 valence electrons. The zero-order chi connectivity index (χ0) is 19.9. The van der Waals surface area contributed by atoms with E-state index in [0.717, 1.165) is 13.0 Å². The van der Waals surface area contributed by atoms with Crippen LogP contribution in [0.1, 0.15) is 12.0 Å². The number of benzene rings is 2. The molecule has 0 aliphatic heterocycles. The molecule has 0 saturated carbocycles. The fourth-order valence-electron chi connectivity index (χ4n) is 2.73. The van der Waals surface area contributed by atoms with Gasteiger partial charge >= 0.3 is 0 Å². The summed E-state index contributed by atoms with van der Waals surface area (Å²) >= 11 is 17.8. The number of hydrogen-bond donors (Lipinski definition) is 1. The van der Waals surface area contributed by atoms with Crippen molar-refractivity contribution in [3.8, 4) is 0 Å². The average Bonchev–Trinajstić information content (AvgIpc) is 3.18. The van der Waals surface area contributed by atoms with Crippen LogP contribution < -0.4 is 5.32 Å². The van der Waals surface area contributed by atoms with Gasteiger partial charge in [-0.1, -0.05) is 41.4 Å². The molecule has 4 nitrogen and oxygen atoms in total. The van der Waals surface area contributed by atoms with Crippen molar-refractivity contribution in [2.24, 2.45) is 0 Å². The van der Waals surface area contributed by atoms with Crippen molar-refractivity contribution in [1.82, 2.24) is 14.5 Å². The summed E-state index contributed by atoms with van der Waals surface area (Å²) in [7, 11) is 0. The second kappa shape index (κ2) is 9.87. The minimum Gasteiger partial charge on any atom is -0.345 e. The molecule has 0 unspecified atom stereocenters. The van der Waals surface area contributed by atoms with Crippen LogP contribution in [0.3, 0.4) is 0 Å². The van der Waals surface area contributed by atoms with Crippen molar-refractivity contribution < 1.29 is 4.39 Å². The van der Waals surface area contributed by atoms with Crippen molar-refractivity contribution in [3.63, 3.8) is 0 Å². The van der Waals surface area contributed by atoms with E-state index in [1.54, 1.807) is 42.9 Å².